The molecule has 3 rings (SSSR count). The van der Waals surface area contributed by atoms with Crippen molar-refractivity contribution in [2.75, 3.05) is 0 Å². The van der Waals surface area contributed by atoms with Crippen LogP contribution >= 0.6 is 0 Å². The SMILES string of the molecule is c1ccc([Se]C[C@@H]2CCC3CCCC[C@@H]3N2)cc1. The Morgan fingerprint density at radius 3 is 2.72 bits per heavy atom. The van der Waals surface area contributed by atoms with Gasteiger partial charge in [-0.15, -0.1) is 0 Å². The van der Waals surface area contributed by atoms with E-state index in [1.165, 1.54) is 43.8 Å². The van der Waals surface area contributed by atoms with Gasteiger partial charge in [0.15, 0.2) is 0 Å². The van der Waals surface area contributed by atoms with Crippen LogP contribution in [-0.4, -0.2) is 27.0 Å². The van der Waals surface area contributed by atoms with E-state index in [9.17, 15) is 0 Å². The molecule has 18 heavy (non-hydrogen) atoms. The molecule has 2 fully saturated rings. The third-order valence-electron chi connectivity index (χ3n) is 4.44. The second-order valence-electron chi connectivity index (χ2n) is 5.72. The molecular formula is C16H23NSe. The van der Waals surface area contributed by atoms with Crippen molar-refractivity contribution < 1.29 is 0 Å². The molecule has 0 aromatic heterocycles. The third-order valence-corrected chi connectivity index (χ3v) is 6.90. The molecule has 1 aliphatic heterocycles. The first-order chi connectivity index (χ1) is 8.92. The fourth-order valence-electron chi connectivity index (χ4n) is 3.42. The molecular weight excluding hydrogens is 285 g/mol. The van der Waals surface area contributed by atoms with Gasteiger partial charge in [-0.05, 0) is 0 Å². The van der Waals surface area contributed by atoms with Crippen LogP contribution in [0.15, 0.2) is 30.3 Å². The van der Waals surface area contributed by atoms with E-state index in [4.69, 9.17) is 0 Å². The summed E-state index contributed by atoms with van der Waals surface area (Å²) in [7, 11) is 0. The van der Waals surface area contributed by atoms with E-state index in [-0.39, 0.29) is 0 Å². The van der Waals surface area contributed by atoms with Crippen molar-refractivity contribution in [2.24, 2.45) is 5.92 Å². The summed E-state index contributed by atoms with van der Waals surface area (Å²) >= 11 is 0.653. The van der Waals surface area contributed by atoms with Crippen molar-refractivity contribution in [3.8, 4) is 0 Å². The molecule has 3 atom stereocenters. The quantitative estimate of drug-likeness (QED) is 0.847. The van der Waals surface area contributed by atoms with Gasteiger partial charge in [-0.2, -0.15) is 0 Å². The zero-order valence-corrected chi connectivity index (χ0v) is 12.7. The molecule has 1 saturated heterocycles. The minimum atomic E-state index is 0.653. The Balaban J connectivity index is 1.49. The molecule has 1 unspecified atom stereocenters. The van der Waals surface area contributed by atoms with Crippen molar-refractivity contribution in [1.82, 2.24) is 5.32 Å². The Morgan fingerprint density at radius 2 is 1.83 bits per heavy atom. The van der Waals surface area contributed by atoms with Gasteiger partial charge in [0.2, 0.25) is 0 Å². The molecule has 1 saturated carbocycles. The van der Waals surface area contributed by atoms with Gasteiger partial charge in [0.25, 0.3) is 0 Å². The van der Waals surface area contributed by atoms with E-state index in [2.05, 4.69) is 35.6 Å². The van der Waals surface area contributed by atoms with Crippen LogP contribution in [0, 0.1) is 5.92 Å². The molecule has 1 nitrogen and oxygen atoms in total. The second-order valence-corrected chi connectivity index (χ2v) is 8.01. The van der Waals surface area contributed by atoms with Crippen LogP contribution in [0.3, 0.4) is 0 Å². The Morgan fingerprint density at radius 1 is 1.00 bits per heavy atom. The molecule has 1 aliphatic carbocycles. The van der Waals surface area contributed by atoms with Crippen LogP contribution in [0.4, 0.5) is 0 Å². The third kappa shape index (κ3) is 3.17. The Labute approximate surface area is 117 Å². The monoisotopic (exact) mass is 309 g/mol. The van der Waals surface area contributed by atoms with Crippen LogP contribution in [0.5, 0.6) is 0 Å². The molecule has 0 amide bonds. The van der Waals surface area contributed by atoms with Gasteiger partial charge in [0, 0.05) is 0 Å². The van der Waals surface area contributed by atoms with Gasteiger partial charge < -0.3 is 0 Å². The average molecular weight is 308 g/mol. The molecule has 1 N–H and O–H groups in total. The number of hydrogen-bond acceptors (Lipinski definition) is 1. The van der Waals surface area contributed by atoms with Crippen LogP contribution < -0.4 is 9.78 Å². The molecule has 0 bridgehead atoms. The number of nitrogens with one attached hydrogen (secondary N) is 1. The zero-order valence-electron chi connectivity index (χ0n) is 11.0. The minimum absolute atomic E-state index is 0.653. The van der Waals surface area contributed by atoms with Gasteiger partial charge in [-0.3, -0.25) is 0 Å². The summed E-state index contributed by atoms with van der Waals surface area (Å²) in [4.78, 5) is 0. The van der Waals surface area contributed by atoms with Gasteiger partial charge in [-0.25, -0.2) is 0 Å². The predicted molar refractivity (Wildman–Crippen MR) is 78.5 cm³/mol. The Hall–Kier alpha value is -0.301. The van der Waals surface area contributed by atoms with Gasteiger partial charge >= 0.3 is 117 Å². The number of fused-ring (bicyclic) bond motifs is 1. The van der Waals surface area contributed by atoms with Crippen LogP contribution in [0.2, 0.25) is 5.32 Å². The van der Waals surface area contributed by atoms with E-state index in [1.54, 1.807) is 4.46 Å². The van der Waals surface area contributed by atoms with Crippen molar-refractivity contribution in [2.45, 2.75) is 55.9 Å². The first-order valence-electron chi connectivity index (χ1n) is 7.36. The molecule has 98 valence electrons. The molecule has 2 aliphatic rings. The van der Waals surface area contributed by atoms with Crippen molar-refractivity contribution in [3.63, 3.8) is 0 Å². The number of piperidine rings is 1. The van der Waals surface area contributed by atoms with Gasteiger partial charge in [-0.1, -0.05) is 0 Å². The van der Waals surface area contributed by atoms with Crippen molar-refractivity contribution in [1.29, 1.82) is 0 Å². The normalized spacial score (nSPS) is 31.9. The fourth-order valence-corrected chi connectivity index (χ4v) is 5.53. The molecule has 0 radical (unpaired) electrons. The number of benzene rings is 1. The summed E-state index contributed by atoms with van der Waals surface area (Å²) < 4.78 is 1.55. The summed E-state index contributed by atoms with van der Waals surface area (Å²) in [5.41, 5.74) is 0. The van der Waals surface area contributed by atoms with E-state index < -0.39 is 0 Å². The zero-order chi connectivity index (χ0) is 12.2. The number of hydrogen-bond donors (Lipinski definition) is 1. The van der Waals surface area contributed by atoms with Crippen LogP contribution in [0.1, 0.15) is 38.5 Å². The summed E-state index contributed by atoms with van der Waals surface area (Å²) in [5.74, 6) is 0.999. The van der Waals surface area contributed by atoms with Crippen LogP contribution in [0.25, 0.3) is 0 Å². The Bertz CT molecular complexity index is 365. The summed E-state index contributed by atoms with van der Waals surface area (Å²) in [6, 6.07) is 12.7. The van der Waals surface area contributed by atoms with E-state index in [0.717, 1.165) is 18.0 Å². The number of rotatable bonds is 3. The van der Waals surface area contributed by atoms with Gasteiger partial charge in [0.1, 0.15) is 0 Å². The standard InChI is InChI=1S/C16H23NSe/c1-2-7-15(8-3-1)18-12-14-11-10-13-6-4-5-9-16(13)17-14/h1-3,7-8,13-14,16-17H,4-6,9-12H2/t13?,14-,16-/m0/s1. The summed E-state index contributed by atoms with van der Waals surface area (Å²) in [5, 5.41) is 5.32. The van der Waals surface area contributed by atoms with Crippen LogP contribution in [-0.2, 0) is 0 Å². The van der Waals surface area contributed by atoms with Crippen molar-refractivity contribution in [3.05, 3.63) is 30.3 Å². The van der Waals surface area contributed by atoms with E-state index in [1.807, 2.05) is 0 Å². The maximum atomic E-state index is 3.94. The molecule has 1 aromatic rings. The molecule has 2 heteroatoms. The van der Waals surface area contributed by atoms with E-state index in [0.29, 0.717) is 15.0 Å². The topological polar surface area (TPSA) is 12.0 Å². The fraction of sp³-hybridized carbons (Fsp3) is 0.625. The predicted octanol–water partition coefficient (Wildman–Crippen LogP) is 2.75. The second kappa shape index (κ2) is 6.23. The van der Waals surface area contributed by atoms with Gasteiger partial charge in [0.05, 0.1) is 0 Å². The summed E-state index contributed by atoms with van der Waals surface area (Å²) in [6.45, 7) is 0. The average Bonchev–Trinajstić information content (AvgIpc) is 2.46. The first-order valence-corrected chi connectivity index (χ1v) is 9.42. The van der Waals surface area contributed by atoms with Crippen molar-refractivity contribution >= 4 is 19.4 Å². The van der Waals surface area contributed by atoms with E-state index >= 15 is 0 Å². The molecule has 1 heterocycles. The summed E-state index contributed by atoms with van der Waals surface area (Å²) in [6.07, 6.45) is 8.73. The first kappa shape index (κ1) is 12.7. The molecule has 0 spiro atoms. The Kier molecular flexibility index (Phi) is 4.40. The maximum absolute atomic E-state index is 3.94. The molecule has 1 aromatic carbocycles.